The van der Waals surface area contributed by atoms with Crippen LogP contribution in [0, 0.1) is 37.2 Å². The minimum absolute atomic E-state index is 0. The van der Waals surface area contributed by atoms with Crippen molar-refractivity contribution in [3.8, 4) is 5.75 Å². The molecule has 0 radical (unpaired) electrons. The number of phenols is 1. The summed E-state index contributed by atoms with van der Waals surface area (Å²) in [5.74, 6) is 0.295. The van der Waals surface area contributed by atoms with Gasteiger partial charge in [-0.1, -0.05) is 45.1 Å². The van der Waals surface area contributed by atoms with Crippen molar-refractivity contribution in [3.05, 3.63) is 66.3 Å². The van der Waals surface area contributed by atoms with Gasteiger partial charge in [0.2, 0.25) is 0 Å². The molecule has 0 aromatic heterocycles. The van der Waals surface area contributed by atoms with Gasteiger partial charge in [-0.25, -0.2) is 0 Å². The third-order valence-corrected chi connectivity index (χ3v) is 3.66. The van der Waals surface area contributed by atoms with Crippen LogP contribution in [0.2, 0.25) is 0 Å². The molecule has 3 heteroatoms. The van der Waals surface area contributed by atoms with Crippen LogP contribution in [0.4, 0.5) is 0 Å². The predicted molar refractivity (Wildman–Crippen MR) is 89.7 cm³/mol. The maximum atomic E-state index is 9.61. The van der Waals surface area contributed by atoms with E-state index in [2.05, 4.69) is 39.5 Å². The number of allylic oxidation sites excluding steroid dienone is 3. The van der Waals surface area contributed by atoms with Crippen molar-refractivity contribution < 1.29 is 41.7 Å². The molecule has 3 N–H and O–H groups in total. The first kappa shape index (κ1) is 21.0. The average Bonchev–Trinajstić information content (AvgIpc) is 2.43. The Hall–Kier alpha value is -1.01. The van der Waals surface area contributed by atoms with E-state index in [0.29, 0.717) is 5.75 Å². The molecule has 0 aliphatic heterocycles. The zero-order valence-electron chi connectivity index (χ0n) is 13.4. The van der Waals surface area contributed by atoms with Gasteiger partial charge in [0.05, 0.1) is 0 Å². The molecular formula is C19H23O2U-. The Kier molecular flexibility index (Phi) is 8.19. The Morgan fingerprint density at radius 1 is 1.32 bits per heavy atom. The van der Waals surface area contributed by atoms with Crippen LogP contribution < -0.4 is 0 Å². The number of fused-ring (bicyclic) bond motifs is 1. The second kappa shape index (κ2) is 8.58. The number of hydrogen-bond donors (Lipinski definition) is 1. The summed E-state index contributed by atoms with van der Waals surface area (Å²) < 4.78 is 0. The van der Waals surface area contributed by atoms with E-state index < -0.39 is 0 Å². The van der Waals surface area contributed by atoms with Crippen LogP contribution in [0.25, 0.3) is 10.8 Å². The second-order valence-corrected chi connectivity index (χ2v) is 5.62. The smallest absolute Gasteiger partial charge is 0.113 e. The minimum Gasteiger partial charge on any atom is -0.508 e. The quantitative estimate of drug-likeness (QED) is 0.473. The van der Waals surface area contributed by atoms with E-state index in [1.54, 1.807) is 12.1 Å². The van der Waals surface area contributed by atoms with Crippen molar-refractivity contribution in [1.29, 1.82) is 0 Å². The first-order valence-corrected chi connectivity index (χ1v) is 6.96. The SMILES string of the molecule is C=C/C(=C\C(C)(C)c1[c-]ccc2cc(O)ccc12)CC.O.[U]. The molecule has 2 aromatic rings. The summed E-state index contributed by atoms with van der Waals surface area (Å²) in [5.41, 5.74) is 2.25. The van der Waals surface area contributed by atoms with E-state index in [9.17, 15) is 5.11 Å². The largest absolute Gasteiger partial charge is 0.508 e. The first-order valence-electron chi connectivity index (χ1n) is 6.96. The molecule has 2 rings (SSSR count). The molecule has 0 unspecified atom stereocenters. The maximum Gasteiger partial charge on any atom is 0.113 e. The van der Waals surface area contributed by atoms with Crippen LogP contribution in [0.3, 0.4) is 0 Å². The normalized spacial score (nSPS) is 11.5. The molecule has 0 fully saturated rings. The molecule has 2 aromatic carbocycles. The van der Waals surface area contributed by atoms with Crippen molar-refractivity contribution in [3.63, 3.8) is 0 Å². The second-order valence-electron chi connectivity index (χ2n) is 5.62. The van der Waals surface area contributed by atoms with Crippen molar-refractivity contribution in [2.75, 3.05) is 0 Å². The zero-order chi connectivity index (χ0) is 14.8. The van der Waals surface area contributed by atoms with Crippen LogP contribution in [0.1, 0.15) is 32.8 Å². The van der Waals surface area contributed by atoms with E-state index >= 15 is 0 Å². The van der Waals surface area contributed by atoms with Crippen molar-refractivity contribution >= 4 is 10.8 Å². The topological polar surface area (TPSA) is 51.7 Å². The number of phenolic OH excluding ortho intramolecular Hbond substituents is 1. The van der Waals surface area contributed by atoms with Crippen LogP contribution >= 0.6 is 0 Å². The van der Waals surface area contributed by atoms with E-state index in [1.165, 1.54) is 5.57 Å². The third-order valence-electron chi connectivity index (χ3n) is 3.66. The standard InChI is InChI=1S/C19H21O.H2O.U/c1-5-14(6-2)13-19(3,4)18-9-7-8-15-12-16(20)10-11-17(15)18;;/h5,7-8,10-13,20H,1,6H2,2-4H3;1H2;/q-1;;/b14-13+;;. The molecule has 116 valence electrons. The summed E-state index contributed by atoms with van der Waals surface area (Å²) in [5, 5.41) is 11.8. The van der Waals surface area contributed by atoms with Gasteiger partial charge in [0.1, 0.15) is 5.75 Å². The summed E-state index contributed by atoms with van der Waals surface area (Å²) in [7, 11) is 0. The minimum atomic E-state index is -0.129. The molecular weight excluding hydrogens is 498 g/mol. The van der Waals surface area contributed by atoms with Crippen LogP contribution in [0.5, 0.6) is 5.75 Å². The number of aromatic hydroxyl groups is 1. The molecule has 22 heavy (non-hydrogen) atoms. The summed E-state index contributed by atoms with van der Waals surface area (Å²) in [6, 6.07) is 12.8. The predicted octanol–water partition coefficient (Wildman–Crippen LogP) is 4.32. The molecule has 0 amide bonds. The summed E-state index contributed by atoms with van der Waals surface area (Å²) >= 11 is 0. The van der Waals surface area contributed by atoms with E-state index in [1.807, 2.05) is 24.3 Å². The molecule has 0 aliphatic rings. The average molecular weight is 521 g/mol. The summed E-state index contributed by atoms with van der Waals surface area (Å²) in [6.45, 7) is 10.4. The number of hydrogen-bond acceptors (Lipinski definition) is 1. The van der Waals surface area contributed by atoms with Crippen LogP contribution in [-0.4, -0.2) is 10.6 Å². The molecule has 0 heterocycles. The molecule has 0 aliphatic carbocycles. The Labute approximate surface area is 156 Å². The Bertz CT molecular complexity index is 672. The molecule has 2 nitrogen and oxygen atoms in total. The van der Waals surface area contributed by atoms with Gasteiger partial charge < -0.3 is 10.6 Å². The van der Waals surface area contributed by atoms with E-state index in [4.69, 9.17) is 0 Å². The first-order chi connectivity index (χ1) is 9.47. The fraction of sp³-hybridized carbons (Fsp3) is 0.263. The zero-order valence-corrected chi connectivity index (χ0v) is 17.6. The summed E-state index contributed by atoms with van der Waals surface area (Å²) in [6.07, 6.45) is 5.13. The monoisotopic (exact) mass is 521 g/mol. The fourth-order valence-corrected chi connectivity index (χ4v) is 2.58. The van der Waals surface area contributed by atoms with Crippen molar-refractivity contribution in [1.82, 2.24) is 0 Å². The van der Waals surface area contributed by atoms with Crippen LogP contribution in [0.15, 0.2) is 54.6 Å². The van der Waals surface area contributed by atoms with Gasteiger partial charge in [0.15, 0.2) is 0 Å². The van der Waals surface area contributed by atoms with Crippen molar-refractivity contribution in [2.24, 2.45) is 0 Å². The molecule has 0 spiro atoms. The van der Waals surface area contributed by atoms with Gasteiger partial charge >= 0.3 is 0 Å². The molecule has 0 atom stereocenters. The number of benzene rings is 2. The van der Waals surface area contributed by atoms with Gasteiger partial charge in [-0.3, -0.25) is 0 Å². The Morgan fingerprint density at radius 3 is 2.59 bits per heavy atom. The van der Waals surface area contributed by atoms with Crippen LogP contribution in [-0.2, 0) is 5.41 Å². The maximum absolute atomic E-state index is 9.61. The Morgan fingerprint density at radius 2 is 2.00 bits per heavy atom. The van der Waals surface area contributed by atoms with E-state index in [-0.39, 0.29) is 42.0 Å². The molecule has 0 saturated carbocycles. The molecule has 0 saturated heterocycles. The van der Waals surface area contributed by atoms with E-state index in [0.717, 1.165) is 22.8 Å². The van der Waals surface area contributed by atoms with Gasteiger partial charge in [-0.15, -0.1) is 22.4 Å². The van der Waals surface area contributed by atoms with Gasteiger partial charge in [0, 0.05) is 31.1 Å². The van der Waals surface area contributed by atoms with Gasteiger partial charge in [-0.05, 0) is 24.0 Å². The van der Waals surface area contributed by atoms with Crippen molar-refractivity contribution in [2.45, 2.75) is 32.6 Å². The third kappa shape index (κ3) is 4.49. The number of rotatable bonds is 4. The fourth-order valence-electron chi connectivity index (χ4n) is 2.58. The summed E-state index contributed by atoms with van der Waals surface area (Å²) in [4.78, 5) is 0. The van der Waals surface area contributed by atoms with Gasteiger partial charge in [-0.2, -0.15) is 18.2 Å². The molecule has 0 bridgehead atoms. The van der Waals surface area contributed by atoms with Gasteiger partial charge in [0.25, 0.3) is 0 Å². The Balaban J connectivity index is 0.00000220.